The van der Waals surface area contributed by atoms with Crippen molar-refractivity contribution in [2.45, 2.75) is 25.1 Å². The largest absolute Gasteiger partial charge is 0.497 e. The fourth-order valence-corrected chi connectivity index (χ4v) is 4.12. The molecule has 2 aromatic heterocycles. The lowest BCUT2D eigenvalue weighted by molar-refractivity contribution is -0.137. The van der Waals surface area contributed by atoms with E-state index in [9.17, 15) is 18.0 Å². The van der Waals surface area contributed by atoms with Crippen molar-refractivity contribution in [1.82, 2.24) is 19.9 Å². The van der Waals surface area contributed by atoms with Gasteiger partial charge >= 0.3 is 6.18 Å². The summed E-state index contributed by atoms with van der Waals surface area (Å²) in [7, 11) is 3.47. The Labute approximate surface area is 195 Å². The zero-order valence-corrected chi connectivity index (χ0v) is 18.9. The molecule has 180 valence electrons. The van der Waals surface area contributed by atoms with Crippen molar-refractivity contribution < 1.29 is 22.7 Å². The maximum Gasteiger partial charge on any atom is 0.417 e. The van der Waals surface area contributed by atoms with Crippen LogP contribution in [0.25, 0.3) is 0 Å². The van der Waals surface area contributed by atoms with E-state index in [2.05, 4.69) is 15.3 Å². The second kappa shape index (κ2) is 9.74. The summed E-state index contributed by atoms with van der Waals surface area (Å²) >= 11 is 0. The van der Waals surface area contributed by atoms with Crippen molar-refractivity contribution in [3.05, 3.63) is 71.9 Å². The molecule has 0 aliphatic carbocycles. The van der Waals surface area contributed by atoms with E-state index in [0.29, 0.717) is 37.6 Å². The third kappa shape index (κ3) is 5.16. The van der Waals surface area contributed by atoms with Crippen LogP contribution in [0.15, 0.2) is 55.0 Å². The van der Waals surface area contributed by atoms with Gasteiger partial charge in [-0.2, -0.15) is 13.2 Å². The number of benzene rings is 1. The first-order valence-electron chi connectivity index (χ1n) is 11.0. The number of pyridine rings is 1. The number of nitrogens with zero attached hydrogens (tertiary/aromatic N) is 4. The Balaban J connectivity index is 1.42. The van der Waals surface area contributed by atoms with E-state index in [-0.39, 0.29) is 11.8 Å². The van der Waals surface area contributed by atoms with Gasteiger partial charge in [0.2, 0.25) is 5.91 Å². The van der Waals surface area contributed by atoms with Crippen LogP contribution in [0.4, 0.5) is 19.0 Å². The Bertz CT molecular complexity index is 1100. The fourth-order valence-electron chi connectivity index (χ4n) is 4.12. The van der Waals surface area contributed by atoms with Gasteiger partial charge in [0.1, 0.15) is 23.4 Å². The topological polar surface area (TPSA) is 72.3 Å². The number of carbonyl (C=O) groups excluding carboxylic acids is 1. The van der Waals surface area contributed by atoms with E-state index in [1.807, 2.05) is 47.0 Å². The van der Waals surface area contributed by atoms with E-state index >= 15 is 0 Å². The number of piperidine rings is 1. The molecule has 3 heterocycles. The van der Waals surface area contributed by atoms with Crippen molar-refractivity contribution >= 4 is 11.7 Å². The molecule has 1 amide bonds. The number of alkyl halides is 3. The monoisotopic (exact) mass is 473 g/mol. The quantitative estimate of drug-likeness (QED) is 0.587. The van der Waals surface area contributed by atoms with Crippen LogP contribution in [-0.4, -0.2) is 40.6 Å². The molecule has 0 radical (unpaired) electrons. The predicted molar refractivity (Wildman–Crippen MR) is 120 cm³/mol. The molecule has 1 aliphatic rings. The lowest BCUT2D eigenvalue weighted by Gasteiger charge is -2.33. The normalized spacial score (nSPS) is 15.7. The molecular weight excluding hydrogens is 447 g/mol. The number of imidazole rings is 1. The molecule has 7 nitrogen and oxygen atoms in total. The summed E-state index contributed by atoms with van der Waals surface area (Å²) in [5, 5.41) is 3.14. The van der Waals surface area contributed by atoms with Gasteiger partial charge in [-0.3, -0.25) is 4.79 Å². The molecule has 3 aromatic rings. The van der Waals surface area contributed by atoms with Crippen molar-refractivity contribution in [3.63, 3.8) is 0 Å². The standard InChI is InChI=1S/C24H26F3N5O2/c1-31-14-11-28-22(31)21(16-3-6-19(34-2)7-4-16)30-23(33)17-9-12-32(13-10-17)20-8-5-18(15-29-20)24(25,26)27/h3-8,11,14-15,17,21H,9-10,12-13H2,1-2H3,(H,30,33)/t21-/m0/s1. The Morgan fingerprint density at radius 1 is 1.12 bits per heavy atom. The Kier molecular flexibility index (Phi) is 6.76. The molecule has 1 N–H and O–H groups in total. The van der Waals surface area contributed by atoms with E-state index < -0.39 is 17.8 Å². The minimum atomic E-state index is -4.41. The van der Waals surface area contributed by atoms with E-state index in [0.717, 1.165) is 23.6 Å². The van der Waals surface area contributed by atoms with Crippen LogP contribution in [0.3, 0.4) is 0 Å². The molecule has 1 aromatic carbocycles. The second-order valence-corrected chi connectivity index (χ2v) is 8.28. The van der Waals surface area contributed by atoms with Gasteiger partial charge in [0, 0.05) is 44.6 Å². The molecule has 0 bridgehead atoms. The summed E-state index contributed by atoms with van der Waals surface area (Å²) in [5.74, 6) is 1.62. The molecule has 1 fully saturated rings. The summed E-state index contributed by atoms with van der Waals surface area (Å²) < 4.78 is 45.5. The number of anilines is 1. The molecule has 34 heavy (non-hydrogen) atoms. The highest BCUT2D eigenvalue weighted by atomic mass is 19.4. The van der Waals surface area contributed by atoms with Crippen molar-refractivity contribution in [3.8, 4) is 5.75 Å². The fraction of sp³-hybridized carbons (Fsp3) is 0.375. The molecular formula is C24H26F3N5O2. The van der Waals surface area contributed by atoms with Crippen molar-refractivity contribution in [2.24, 2.45) is 13.0 Å². The molecule has 0 unspecified atom stereocenters. The summed E-state index contributed by atoms with van der Waals surface area (Å²) in [6.07, 6.45) is 1.10. The first-order chi connectivity index (χ1) is 16.3. The number of carbonyl (C=O) groups is 1. The molecule has 1 aliphatic heterocycles. The molecule has 4 rings (SSSR count). The van der Waals surface area contributed by atoms with E-state index in [4.69, 9.17) is 4.74 Å². The van der Waals surface area contributed by atoms with E-state index in [1.165, 1.54) is 6.07 Å². The number of rotatable bonds is 6. The van der Waals surface area contributed by atoms with Crippen molar-refractivity contribution in [2.75, 3.05) is 25.1 Å². The summed E-state index contributed by atoms with van der Waals surface area (Å²) in [6.45, 7) is 1.07. The van der Waals surface area contributed by atoms with Gasteiger partial charge in [0.05, 0.1) is 12.7 Å². The molecule has 0 saturated carbocycles. The Hall–Kier alpha value is -3.56. The first-order valence-corrected chi connectivity index (χ1v) is 11.0. The van der Waals surface area contributed by atoms with Crippen LogP contribution < -0.4 is 15.0 Å². The highest BCUT2D eigenvalue weighted by molar-refractivity contribution is 5.79. The zero-order valence-electron chi connectivity index (χ0n) is 18.9. The number of amides is 1. The number of hydrogen-bond acceptors (Lipinski definition) is 5. The van der Waals surface area contributed by atoms with Crippen molar-refractivity contribution in [1.29, 1.82) is 0 Å². The second-order valence-electron chi connectivity index (χ2n) is 8.28. The number of aromatic nitrogens is 3. The summed E-state index contributed by atoms with van der Waals surface area (Å²) in [6, 6.07) is 9.47. The SMILES string of the molecule is COc1ccc([C@H](NC(=O)C2CCN(c3ccc(C(F)(F)F)cn3)CC2)c2nccn2C)cc1. The maximum atomic E-state index is 13.2. The Morgan fingerprint density at radius 2 is 1.82 bits per heavy atom. The predicted octanol–water partition coefficient (Wildman–Crippen LogP) is 3.96. The smallest absolute Gasteiger partial charge is 0.417 e. The number of nitrogens with one attached hydrogen (secondary N) is 1. The molecule has 0 spiro atoms. The minimum Gasteiger partial charge on any atom is -0.497 e. The number of methoxy groups -OCH3 is 1. The Morgan fingerprint density at radius 3 is 2.35 bits per heavy atom. The number of halogens is 3. The van der Waals surface area contributed by atoms with Crippen LogP contribution in [0.1, 0.15) is 35.8 Å². The average Bonchev–Trinajstić information content (AvgIpc) is 3.27. The minimum absolute atomic E-state index is 0.0798. The third-order valence-corrected chi connectivity index (χ3v) is 6.12. The lowest BCUT2D eigenvalue weighted by Crippen LogP contribution is -2.42. The van der Waals surface area contributed by atoms with Gasteiger partial charge in [-0.1, -0.05) is 12.1 Å². The van der Waals surface area contributed by atoms with Crippen LogP contribution >= 0.6 is 0 Å². The van der Waals surface area contributed by atoms with Gasteiger partial charge in [-0.05, 0) is 42.7 Å². The van der Waals surface area contributed by atoms with Crippen LogP contribution in [0.5, 0.6) is 5.75 Å². The lowest BCUT2D eigenvalue weighted by atomic mass is 9.94. The van der Waals surface area contributed by atoms with Crippen LogP contribution in [-0.2, 0) is 18.0 Å². The van der Waals surface area contributed by atoms with Gasteiger partial charge in [0.15, 0.2) is 0 Å². The number of hydrogen-bond donors (Lipinski definition) is 1. The molecule has 10 heteroatoms. The van der Waals surface area contributed by atoms with Gasteiger partial charge < -0.3 is 19.5 Å². The third-order valence-electron chi connectivity index (χ3n) is 6.12. The van der Waals surface area contributed by atoms with Gasteiger partial charge in [0.25, 0.3) is 0 Å². The van der Waals surface area contributed by atoms with E-state index in [1.54, 1.807) is 13.3 Å². The van der Waals surface area contributed by atoms with Crippen LogP contribution in [0.2, 0.25) is 0 Å². The van der Waals surface area contributed by atoms with Gasteiger partial charge in [-0.15, -0.1) is 0 Å². The highest BCUT2D eigenvalue weighted by Gasteiger charge is 2.32. The highest BCUT2D eigenvalue weighted by Crippen LogP contribution is 2.30. The summed E-state index contributed by atoms with van der Waals surface area (Å²) in [5.41, 5.74) is 0.110. The van der Waals surface area contributed by atoms with Crippen LogP contribution in [0, 0.1) is 5.92 Å². The average molecular weight is 473 g/mol. The zero-order chi connectivity index (χ0) is 24.3. The number of ether oxygens (including phenoxy) is 1. The first kappa shape index (κ1) is 23.6. The van der Waals surface area contributed by atoms with Gasteiger partial charge in [-0.25, -0.2) is 9.97 Å². The number of aryl methyl sites for hydroxylation is 1. The summed E-state index contributed by atoms with van der Waals surface area (Å²) in [4.78, 5) is 23.5. The molecule has 1 atom stereocenters. The molecule has 1 saturated heterocycles. The maximum absolute atomic E-state index is 13.2.